The van der Waals surface area contributed by atoms with Crippen molar-refractivity contribution in [3.63, 3.8) is 0 Å². The van der Waals surface area contributed by atoms with Crippen molar-refractivity contribution in [1.29, 1.82) is 0 Å². The van der Waals surface area contributed by atoms with Gasteiger partial charge in [0.15, 0.2) is 0 Å². The molecule has 0 aliphatic carbocycles. The number of hydrogen-bond donors (Lipinski definition) is 1. The van der Waals surface area contributed by atoms with E-state index in [9.17, 15) is 4.39 Å². The van der Waals surface area contributed by atoms with Crippen LogP contribution >= 0.6 is 0 Å². The third-order valence-electron chi connectivity index (χ3n) is 2.91. The molecule has 3 aromatic heterocycles. The van der Waals surface area contributed by atoms with E-state index >= 15 is 0 Å². The Labute approximate surface area is 131 Å². The maximum Gasteiger partial charge on any atom is 0.276 e. The van der Waals surface area contributed by atoms with E-state index in [1.807, 2.05) is 13.1 Å². The van der Waals surface area contributed by atoms with Crippen LogP contribution in [0.3, 0.4) is 0 Å². The minimum Gasteiger partial charge on any atom is -0.475 e. The minimum atomic E-state index is -0.577. The van der Waals surface area contributed by atoms with Crippen molar-refractivity contribution >= 4 is 16.9 Å². The van der Waals surface area contributed by atoms with Crippen LogP contribution in [0.2, 0.25) is 0 Å². The third-order valence-corrected chi connectivity index (χ3v) is 2.91. The summed E-state index contributed by atoms with van der Waals surface area (Å²) in [6.45, 7) is -0.625. The van der Waals surface area contributed by atoms with Crippen molar-refractivity contribution in [3.05, 3.63) is 42.0 Å². The molecule has 0 aromatic carbocycles. The Balaban J connectivity index is 1.81. The molecular weight excluding hydrogens is 299 g/mol. The fourth-order valence-electron chi connectivity index (χ4n) is 1.81. The number of alkyl halides is 1. The highest BCUT2D eigenvalue weighted by Gasteiger charge is 2.07. The molecule has 7 heteroatoms. The van der Waals surface area contributed by atoms with Crippen LogP contribution in [0.1, 0.15) is 11.6 Å². The van der Waals surface area contributed by atoms with Gasteiger partial charge in [0.2, 0.25) is 5.88 Å². The Morgan fingerprint density at radius 3 is 2.87 bits per heavy atom. The predicted molar refractivity (Wildman–Crippen MR) is 83.0 cm³/mol. The molecule has 6 nitrogen and oxygen atoms in total. The lowest BCUT2D eigenvalue weighted by molar-refractivity contribution is 0.264. The number of halogens is 1. The number of anilines is 1. The number of pyridine rings is 2. The van der Waals surface area contributed by atoms with Gasteiger partial charge < -0.3 is 14.5 Å². The molecule has 0 saturated heterocycles. The zero-order chi connectivity index (χ0) is 16.1. The summed E-state index contributed by atoms with van der Waals surface area (Å²) in [5, 5.41) is 2.98. The van der Waals surface area contributed by atoms with E-state index in [0.29, 0.717) is 16.9 Å². The number of aromatic nitrogens is 3. The van der Waals surface area contributed by atoms with Gasteiger partial charge in [0.05, 0.1) is 11.9 Å². The lowest BCUT2D eigenvalue weighted by Gasteiger charge is -1.99. The van der Waals surface area contributed by atoms with E-state index in [2.05, 4.69) is 32.1 Å². The van der Waals surface area contributed by atoms with Gasteiger partial charge in [-0.3, -0.25) is 0 Å². The van der Waals surface area contributed by atoms with Crippen LogP contribution in [-0.4, -0.2) is 35.3 Å². The zero-order valence-electron chi connectivity index (χ0n) is 12.3. The maximum atomic E-state index is 12.1. The van der Waals surface area contributed by atoms with Gasteiger partial charge in [0, 0.05) is 13.1 Å². The fourth-order valence-corrected chi connectivity index (χ4v) is 1.81. The fraction of sp³-hybridized carbons (Fsp3) is 0.188. The van der Waals surface area contributed by atoms with Gasteiger partial charge in [-0.1, -0.05) is 0 Å². The van der Waals surface area contributed by atoms with Gasteiger partial charge in [0.25, 0.3) is 11.6 Å². The van der Waals surface area contributed by atoms with Crippen LogP contribution in [0.4, 0.5) is 10.1 Å². The normalized spacial score (nSPS) is 10.2. The van der Waals surface area contributed by atoms with E-state index in [1.165, 1.54) is 0 Å². The van der Waals surface area contributed by atoms with Crippen LogP contribution in [0.15, 0.2) is 34.9 Å². The molecule has 3 aromatic rings. The molecule has 0 aliphatic heterocycles. The molecule has 0 bridgehead atoms. The molecule has 0 aliphatic rings. The second-order valence-electron chi connectivity index (χ2n) is 4.46. The summed E-state index contributed by atoms with van der Waals surface area (Å²) in [7, 11) is 1.82. The minimum absolute atomic E-state index is 0.0480. The average Bonchev–Trinajstić information content (AvgIpc) is 3.00. The summed E-state index contributed by atoms with van der Waals surface area (Å²) in [5.41, 5.74) is 2.36. The van der Waals surface area contributed by atoms with Crippen LogP contribution in [0.25, 0.3) is 11.2 Å². The van der Waals surface area contributed by atoms with Crippen molar-refractivity contribution in [2.75, 3.05) is 25.6 Å². The summed E-state index contributed by atoms with van der Waals surface area (Å²) in [5.74, 6) is 6.19. The third kappa shape index (κ3) is 3.55. The van der Waals surface area contributed by atoms with Gasteiger partial charge in [-0.2, -0.15) is 9.97 Å². The van der Waals surface area contributed by atoms with E-state index in [-0.39, 0.29) is 18.4 Å². The number of oxazole rings is 1. The number of rotatable bonds is 4. The van der Waals surface area contributed by atoms with Crippen LogP contribution < -0.4 is 10.1 Å². The van der Waals surface area contributed by atoms with Crippen molar-refractivity contribution in [2.24, 2.45) is 0 Å². The van der Waals surface area contributed by atoms with Crippen molar-refractivity contribution in [1.82, 2.24) is 15.0 Å². The van der Waals surface area contributed by atoms with Crippen LogP contribution in [0.5, 0.6) is 5.88 Å². The summed E-state index contributed by atoms with van der Waals surface area (Å²) in [6.07, 6.45) is 1.69. The molecule has 3 heterocycles. The first-order valence-corrected chi connectivity index (χ1v) is 6.90. The van der Waals surface area contributed by atoms with Gasteiger partial charge in [-0.05, 0) is 30.0 Å². The summed E-state index contributed by atoms with van der Waals surface area (Å²) in [6, 6.07) is 6.96. The van der Waals surface area contributed by atoms with E-state index in [4.69, 9.17) is 9.15 Å². The number of hydrogen-bond acceptors (Lipinski definition) is 6. The monoisotopic (exact) mass is 312 g/mol. The molecule has 1 N–H and O–H groups in total. The Bertz CT molecular complexity index is 865. The second kappa shape index (κ2) is 6.75. The number of ether oxygens (including phenoxy) is 1. The number of fused-ring (bicyclic) bond motifs is 1. The first-order valence-electron chi connectivity index (χ1n) is 6.90. The Morgan fingerprint density at radius 1 is 1.22 bits per heavy atom. The first-order chi connectivity index (χ1) is 11.3. The Kier molecular flexibility index (Phi) is 4.34. The van der Waals surface area contributed by atoms with Crippen molar-refractivity contribution in [3.8, 4) is 17.7 Å². The lowest BCUT2D eigenvalue weighted by atomic mass is 10.3. The van der Waals surface area contributed by atoms with Crippen LogP contribution in [-0.2, 0) is 0 Å². The van der Waals surface area contributed by atoms with Gasteiger partial charge in [-0.25, -0.2) is 9.37 Å². The van der Waals surface area contributed by atoms with Gasteiger partial charge >= 0.3 is 0 Å². The highest BCUT2D eigenvalue weighted by Crippen LogP contribution is 2.17. The summed E-state index contributed by atoms with van der Waals surface area (Å²) < 4.78 is 22.6. The zero-order valence-corrected chi connectivity index (χ0v) is 12.3. The molecule has 0 spiro atoms. The highest BCUT2D eigenvalue weighted by atomic mass is 19.1. The number of nitrogens with zero attached hydrogens (tertiary/aromatic N) is 3. The standard InChI is InChI=1S/C16H13FN4O2/c1-18-12-3-2-11(19-10-12)4-6-15-20-13-5-7-14(22-9-8-17)21-16(13)23-15/h2-3,5,7,10,18H,8-9H2,1H3. The SMILES string of the molecule is CNc1ccc(C#Cc2nc3ccc(OCCF)nc3o2)nc1. The van der Waals surface area contributed by atoms with Gasteiger partial charge in [0.1, 0.15) is 24.5 Å². The largest absolute Gasteiger partial charge is 0.475 e. The first kappa shape index (κ1) is 14.8. The maximum absolute atomic E-state index is 12.1. The predicted octanol–water partition coefficient (Wildman–Crippen LogP) is 2.41. The molecule has 0 saturated carbocycles. The Hall–Kier alpha value is -3.14. The molecule has 3 rings (SSSR count). The molecule has 0 unspecified atom stereocenters. The van der Waals surface area contributed by atoms with Crippen LogP contribution in [0, 0.1) is 11.8 Å². The average molecular weight is 312 g/mol. The second-order valence-corrected chi connectivity index (χ2v) is 4.46. The number of nitrogens with one attached hydrogen (secondary N) is 1. The van der Waals surface area contributed by atoms with E-state index in [1.54, 1.807) is 24.4 Å². The molecular formula is C16H13FN4O2. The molecule has 0 fully saturated rings. The molecule has 23 heavy (non-hydrogen) atoms. The van der Waals surface area contributed by atoms with E-state index in [0.717, 1.165) is 5.69 Å². The quantitative estimate of drug-likeness (QED) is 0.746. The van der Waals surface area contributed by atoms with Crippen molar-refractivity contribution in [2.45, 2.75) is 0 Å². The Morgan fingerprint density at radius 2 is 2.13 bits per heavy atom. The lowest BCUT2D eigenvalue weighted by Crippen LogP contribution is -1.99. The van der Waals surface area contributed by atoms with Crippen molar-refractivity contribution < 1.29 is 13.5 Å². The smallest absolute Gasteiger partial charge is 0.276 e. The highest BCUT2D eigenvalue weighted by molar-refractivity contribution is 5.69. The molecule has 0 amide bonds. The van der Waals surface area contributed by atoms with Gasteiger partial charge in [-0.15, -0.1) is 0 Å². The summed E-state index contributed by atoms with van der Waals surface area (Å²) in [4.78, 5) is 12.5. The molecule has 0 radical (unpaired) electrons. The summed E-state index contributed by atoms with van der Waals surface area (Å²) >= 11 is 0. The molecule has 116 valence electrons. The van der Waals surface area contributed by atoms with E-state index < -0.39 is 6.67 Å². The topological polar surface area (TPSA) is 73.1 Å². The molecule has 0 atom stereocenters.